The first-order valence-electron chi connectivity index (χ1n) is 6.15. The van der Waals surface area contributed by atoms with Gasteiger partial charge in [-0.2, -0.15) is 0 Å². The number of ether oxygens (including phenoxy) is 1. The van der Waals surface area contributed by atoms with Crippen LogP contribution in [0.1, 0.15) is 25.7 Å². The van der Waals surface area contributed by atoms with E-state index in [2.05, 4.69) is 10.4 Å². The van der Waals surface area contributed by atoms with Gasteiger partial charge in [0.05, 0.1) is 7.11 Å². The summed E-state index contributed by atoms with van der Waals surface area (Å²) >= 11 is 0. The van der Waals surface area contributed by atoms with Gasteiger partial charge in [-0.15, -0.1) is 5.10 Å². The lowest BCUT2D eigenvalue weighted by molar-refractivity contribution is 0.342. The van der Waals surface area contributed by atoms with Crippen molar-refractivity contribution in [1.82, 2.24) is 15.1 Å². The first-order chi connectivity index (χ1) is 8.29. The summed E-state index contributed by atoms with van der Waals surface area (Å²) in [7, 11) is 1.56. The first-order valence-corrected chi connectivity index (χ1v) is 6.15. The van der Waals surface area contributed by atoms with Gasteiger partial charge >= 0.3 is 0 Å². The molecule has 1 atom stereocenters. The van der Waals surface area contributed by atoms with Crippen molar-refractivity contribution in [1.29, 1.82) is 0 Å². The molecule has 0 aliphatic carbocycles. The summed E-state index contributed by atoms with van der Waals surface area (Å²) in [6.45, 7) is 1.73. The fourth-order valence-corrected chi connectivity index (χ4v) is 2.15. The molecule has 17 heavy (non-hydrogen) atoms. The third kappa shape index (κ3) is 3.30. The highest BCUT2D eigenvalue weighted by Crippen LogP contribution is 2.10. The zero-order chi connectivity index (χ0) is 12.1. The number of rotatable bonds is 4. The van der Waals surface area contributed by atoms with E-state index in [0.717, 1.165) is 13.0 Å². The van der Waals surface area contributed by atoms with Crippen molar-refractivity contribution in [2.75, 3.05) is 13.7 Å². The van der Waals surface area contributed by atoms with E-state index >= 15 is 0 Å². The molecule has 1 saturated heterocycles. The third-order valence-corrected chi connectivity index (χ3v) is 3.15. The summed E-state index contributed by atoms with van der Waals surface area (Å²) < 4.78 is 6.50. The van der Waals surface area contributed by atoms with Crippen LogP contribution in [0.5, 0.6) is 5.88 Å². The number of nitrogens with one attached hydrogen (secondary N) is 1. The topological polar surface area (TPSA) is 56.1 Å². The average Bonchev–Trinajstić information content (AvgIpc) is 2.39. The standard InChI is InChI=1S/C12H19N3O2/c1-17-11-5-6-12(16)15(14-11)9-7-10-4-2-3-8-13-10/h5-6,10,13H,2-4,7-9H2,1H3. The minimum Gasteiger partial charge on any atom is -0.480 e. The summed E-state index contributed by atoms with van der Waals surface area (Å²) in [6, 6.07) is 3.61. The van der Waals surface area contributed by atoms with E-state index in [1.54, 1.807) is 13.2 Å². The second-order valence-electron chi connectivity index (χ2n) is 4.37. The lowest BCUT2D eigenvalue weighted by atomic mass is 10.0. The maximum absolute atomic E-state index is 11.6. The molecule has 0 radical (unpaired) electrons. The van der Waals surface area contributed by atoms with Gasteiger partial charge in [0.1, 0.15) is 0 Å². The lowest BCUT2D eigenvalue weighted by Gasteiger charge is -2.23. The van der Waals surface area contributed by atoms with E-state index in [-0.39, 0.29) is 5.56 Å². The SMILES string of the molecule is COc1ccc(=O)n(CCC2CCCCN2)n1. The summed E-state index contributed by atoms with van der Waals surface area (Å²) in [5.41, 5.74) is -0.0680. The Bertz CT molecular complexity index is 410. The van der Waals surface area contributed by atoms with Crippen molar-refractivity contribution in [3.8, 4) is 5.88 Å². The Morgan fingerprint density at radius 3 is 3.12 bits per heavy atom. The molecule has 0 aromatic carbocycles. The molecule has 1 unspecified atom stereocenters. The Labute approximate surface area is 101 Å². The zero-order valence-electron chi connectivity index (χ0n) is 10.2. The normalized spacial score (nSPS) is 20.2. The largest absolute Gasteiger partial charge is 0.480 e. The highest BCUT2D eigenvalue weighted by atomic mass is 16.5. The maximum atomic E-state index is 11.6. The molecule has 5 heteroatoms. The van der Waals surface area contributed by atoms with Crippen LogP contribution >= 0.6 is 0 Å². The van der Waals surface area contributed by atoms with Crippen LogP contribution in [0.25, 0.3) is 0 Å². The maximum Gasteiger partial charge on any atom is 0.266 e. The molecule has 1 N–H and O–H groups in total. The van der Waals surface area contributed by atoms with Crippen molar-refractivity contribution < 1.29 is 4.74 Å². The third-order valence-electron chi connectivity index (χ3n) is 3.15. The average molecular weight is 237 g/mol. The Kier molecular flexibility index (Phi) is 4.14. The first kappa shape index (κ1) is 12.1. The summed E-state index contributed by atoms with van der Waals surface area (Å²) in [6.07, 6.45) is 4.67. The minimum atomic E-state index is -0.0680. The zero-order valence-corrected chi connectivity index (χ0v) is 10.2. The fraction of sp³-hybridized carbons (Fsp3) is 0.667. The molecular formula is C12H19N3O2. The lowest BCUT2D eigenvalue weighted by Crippen LogP contribution is -2.36. The molecule has 0 saturated carbocycles. The minimum absolute atomic E-state index is 0.0680. The van der Waals surface area contributed by atoms with Crippen LogP contribution in [-0.4, -0.2) is 29.5 Å². The molecule has 0 bridgehead atoms. The molecule has 2 heterocycles. The number of hydrogen-bond acceptors (Lipinski definition) is 4. The van der Waals surface area contributed by atoms with Gasteiger partial charge in [-0.25, -0.2) is 4.68 Å². The second kappa shape index (κ2) is 5.82. The smallest absolute Gasteiger partial charge is 0.266 e. The molecule has 0 spiro atoms. The number of piperidine rings is 1. The van der Waals surface area contributed by atoms with Gasteiger partial charge in [-0.1, -0.05) is 6.42 Å². The number of aryl methyl sites for hydroxylation is 1. The number of methoxy groups -OCH3 is 1. The van der Waals surface area contributed by atoms with Crippen LogP contribution in [0.4, 0.5) is 0 Å². The molecule has 2 rings (SSSR count). The monoisotopic (exact) mass is 237 g/mol. The van der Waals surface area contributed by atoms with Crippen molar-refractivity contribution in [2.24, 2.45) is 0 Å². The number of nitrogens with zero attached hydrogens (tertiary/aromatic N) is 2. The van der Waals surface area contributed by atoms with Crippen LogP contribution in [0.15, 0.2) is 16.9 Å². The predicted octanol–water partition coefficient (Wildman–Crippen LogP) is 0.784. The van der Waals surface area contributed by atoms with Gasteiger partial charge < -0.3 is 10.1 Å². The number of hydrogen-bond donors (Lipinski definition) is 1. The molecule has 1 aliphatic heterocycles. The second-order valence-corrected chi connectivity index (χ2v) is 4.37. The van der Waals surface area contributed by atoms with E-state index in [1.165, 1.54) is 30.0 Å². The van der Waals surface area contributed by atoms with Crippen LogP contribution in [0.2, 0.25) is 0 Å². The van der Waals surface area contributed by atoms with Gasteiger partial charge in [-0.3, -0.25) is 4.79 Å². The molecule has 1 aromatic rings. The highest BCUT2D eigenvalue weighted by molar-refractivity contribution is 5.05. The Morgan fingerprint density at radius 2 is 2.41 bits per heavy atom. The summed E-state index contributed by atoms with van der Waals surface area (Å²) in [5.74, 6) is 0.487. The van der Waals surface area contributed by atoms with E-state index in [9.17, 15) is 4.79 Å². The summed E-state index contributed by atoms with van der Waals surface area (Å²) in [4.78, 5) is 11.6. The van der Waals surface area contributed by atoms with E-state index in [4.69, 9.17) is 4.74 Å². The summed E-state index contributed by atoms with van der Waals surface area (Å²) in [5, 5.41) is 7.59. The van der Waals surface area contributed by atoms with Crippen LogP contribution in [0, 0.1) is 0 Å². The van der Waals surface area contributed by atoms with Gasteiger partial charge in [-0.05, 0) is 25.8 Å². The molecule has 1 aliphatic rings. The Hall–Kier alpha value is -1.36. The number of aromatic nitrogens is 2. The van der Waals surface area contributed by atoms with E-state index in [0.29, 0.717) is 18.5 Å². The van der Waals surface area contributed by atoms with E-state index in [1.807, 2.05) is 0 Å². The Morgan fingerprint density at radius 1 is 1.53 bits per heavy atom. The van der Waals surface area contributed by atoms with Gasteiger partial charge in [0.15, 0.2) is 0 Å². The van der Waals surface area contributed by atoms with Crippen molar-refractivity contribution >= 4 is 0 Å². The predicted molar refractivity (Wildman–Crippen MR) is 65.3 cm³/mol. The van der Waals surface area contributed by atoms with Gasteiger partial charge in [0.2, 0.25) is 5.88 Å². The molecule has 5 nitrogen and oxygen atoms in total. The Balaban J connectivity index is 1.95. The van der Waals surface area contributed by atoms with Crippen LogP contribution in [-0.2, 0) is 6.54 Å². The van der Waals surface area contributed by atoms with Gasteiger partial charge in [0, 0.05) is 24.7 Å². The highest BCUT2D eigenvalue weighted by Gasteiger charge is 2.12. The van der Waals surface area contributed by atoms with Crippen molar-refractivity contribution in [2.45, 2.75) is 38.3 Å². The van der Waals surface area contributed by atoms with Crippen LogP contribution in [0.3, 0.4) is 0 Å². The molecule has 94 valence electrons. The van der Waals surface area contributed by atoms with E-state index < -0.39 is 0 Å². The quantitative estimate of drug-likeness (QED) is 0.841. The van der Waals surface area contributed by atoms with Crippen LogP contribution < -0.4 is 15.6 Å². The fourth-order valence-electron chi connectivity index (χ4n) is 2.15. The molecule has 0 amide bonds. The van der Waals surface area contributed by atoms with Crippen molar-refractivity contribution in [3.05, 3.63) is 22.5 Å². The molecule has 1 fully saturated rings. The molecule has 1 aromatic heterocycles. The van der Waals surface area contributed by atoms with Crippen molar-refractivity contribution in [3.63, 3.8) is 0 Å². The molecular weight excluding hydrogens is 218 g/mol. The van der Waals surface area contributed by atoms with Gasteiger partial charge in [0.25, 0.3) is 5.56 Å².